The first-order valence-corrected chi connectivity index (χ1v) is 13.3. The van der Waals surface area contributed by atoms with E-state index in [4.69, 9.17) is 4.74 Å². The molecule has 184 valence electrons. The van der Waals surface area contributed by atoms with Gasteiger partial charge in [-0.15, -0.1) is 0 Å². The molecule has 7 heteroatoms. The first kappa shape index (κ1) is 24.9. The Kier molecular flexibility index (Phi) is 7.01. The zero-order valence-electron chi connectivity index (χ0n) is 20.6. The third-order valence-corrected chi connectivity index (χ3v) is 7.65. The summed E-state index contributed by atoms with van der Waals surface area (Å²) in [5.74, 6) is 0.853. The molecular weight excluding hydrogens is 460 g/mol. The van der Waals surface area contributed by atoms with Crippen molar-refractivity contribution in [3.8, 4) is 5.75 Å². The molecule has 6 nitrogen and oxygen atoms in total. The summed E-state index contributed by atoms with van der Waals surface area (Å²) in [6.07, 6.45) is -0.854. The quantitative estimate of drug-likeness (QED) is 0.372. The lowest BCUT2D eigenvalue weighted by Crippen LogP contribution is -2.25. The standard InChI is InChI=1S/C28H32N2O4S/c1-20-16-21(28(2,3)4)14-15-26(20)34-18-22(31)17-30-25-13-9-8-12-24(25)29-27(30)19-35(32,33)23-10-6-5-7-11-23/h5-16,22,31H,17-19H2,1-4H3. The number of aryl methyl sites for hydroxylation is 1. The van der Waals surface area contributed by atoms with Crippen molar-refractivity contribution in [2.24, 2.45) is 0 Å². The number of ether oxygens (including phenoxy) is 1. The highest BCUT2D eigenvalue weighted by Crippen LogP contribution is 2.28. The summed E-state index contributed by atoms with van der Waals surface area (Å²) in [5.41, 5.74) is 3.73. The molecule has 0 saturated heterocycles. The molecule has 1 N–H and O–H groups in total. The number of sulfone groups is 1. The number of para-hydroxylation sites is 2. The van der Waals surface area contributed by atoms with E-state index in [-0.39, 0.29) is 29.2 Å². The van der Waals surface area contributed by atoms with E-state index in [1.165, 1.54) is 5.56 Å². The molecule has 1 heterocycles. The highest BCUT2D eigenvalue weighted by Gasteiger charge is 2.22. The smallest absolute Gasteiger partial charge is 0.185 e. The Morgan fingerprint density at radius 1 is 1.00 bits per heavy atom. The first-order valence-electron chi connectivity index (χ1n) is 11.7. The van der Waals surface area contributed by atoms with Gasteiger partial charge in [0.1, 0.15) is 30.0 Å². The summed E-state index contributed by atoms with van der Waals surface area (Å²) >= 11 is 0. The van der Waals surface area contributed by atoms with Gasteiger partial charge in [-0.05, 0) is 53.8 Å². The second-order valence-corrected chi connectivity index (χ2v) is 11.9. The van der Waals surface area contributed by atoms with E-state index in [0.29, 0.717) is 11.3 Å². The second kappa shape index (κ2) is 9.84. The van der Waals surface area contributed by atoms with Gasteiger partial charge >= 0.3 is 0 Å². The molecule has 0 amide bonds. The number of benzene rings is 3. The lowest BCUT2D eigenvalue weighted by Gasteiger charge is -2.21. The average Bonchev–Trinajstić information content (AvgIpc) is 3.14. The molecule has 0 aliphatic rings. The third kappa shape index (κ3) is 5.74. The number of fused-ring (bicyclic) bond motifs is 1. The minimum atomic E-state index is -3.59. The van der Waals surface area contributed by atoms with Gasteiger partial charge in [-0.1, -0.05) is 63.2 Å². The number of aromatic nitrogens is 2. The van der Waals surface area contributed by atoms with E-state index in [0.717, 1.165) is 16.8 Å². The topological polar surface area (TPSA) is 81.4 Å². The highest BCUT2D eigenvalue weighted by atomic mass is 32.2. The fraction of sp³-hybridized carbons (Fsp3) is 0.321. The Balaban J connectivity index is 1.54. The molecule has 4 rings (SSSR count). The van der Waals surface area contributed by atoms with Gasteiger partial charge in [0.25, 0.3) is 0 Å². The zero-order valence-corrected chi connectivity index (χ0v) is 21.4. The van der Waals surface area contributed by atoms with Gasteiger partial charge in [-0.2, -0.15) is 0 Å². The number of rotatable bonds is 8. The van der Waals surface area contributed by atoms with Crippen LogP contribution in [0.25, 0.3) is 11.0 Å². The molecule has 35 heavy (non-hydrogen) atoms. The molecule has 0 radical (unpaired) electrons. The van der Waals surface area contributed by atoms with Crippen LogP contribution in [0.15, 0.2) is 77.7 Å². The molecule has 0 saturated carbocycles. The number of aliphatic hydroxyl groups excluding tert-OH is 1. The molecule has 1 atom stereocenters. The van der Waals surface area contributed by atoms with Crippen molar-refractivity contribution in [2.75, 3.05) is 6.61 Å². The van der Waals surface area contributed by atoms with E-state index < -0.39 is 15.9 Å². The maximum absolute atomic E-state index is 13.0. The van der Waals surface area contributed by atoms with Crippen LogP contribution in [0.4, 0.5) is 0 Å². The summed E-state index contributed by atoms with van der Waals surface area (Å²) < 4.78 is 33.8. The average molecular weight is 493 g/mol. The molecule has 0 aliphatic carbocycles. The van der Waals surface area contributed by atoms with Crippen LogP contribution in [0.1, 0.15) is 37.7 Å². The first-order chi connectivity index (χ1) is 16.5. The lowest BCUT2D eigenvalue weighted by molar-refractivity contribution is 0.0925. The Bertz CT molecular complexity index is 1420. The molecule has 0 aliphatic heterocycles. The van der Waals surface area contributed by atoms with E-state index in [9.17, 15) is 13.5 Å². The Labute approximate surface area is 207 Å². The van der Waals surface area contributed by atoms with Gasteiger partial charge < -0.3 is 14.4 Å². The summed E-state index contributed by atoms with van der Waals surface area (Å²) in [7, 11) is -3.59. The predicted molar refractivity (Wildman–Crippen MR) is 138 cm³/mol. The van der Waals surface area contributed by atoms with Crippen LogP contribution in [0, 0.1) is 6.92 Å². The van der Waals surface area contributed by atoms with Crippen LogP contribution in [-0.4, -0.2) is 35.8 Å². The van der Waals surface area contributed by atoms with Gasteiger partial charge in [-0.3, -0.25) is 0 Å². The molecule has 0 spiro atoms. The minimum Gasteiger partial charge on any atom is -0.491 e. The summed E-state index contributed by atoms with van der Waals surface area (Å²) in [6, 6.07) is 21.9. The van der Waals surface area contributed by atoms with Crippen molar-refractivity contribution in [1.29, 1.82) is 0 Å². The van der Waals surface area contributed by atoms with Gasteiger partial charge in [0.05, 0.1) is 22.5 Å². The predicted octanol–water partition coefficient (Wildman–Crippen LogP) is 5.06. The molecule has 4 aromatic rings. The van der Waals surface area contributed by atoms with Gasteiger partial charge in [0.2, 0.25) is 0 Å². The molecule has 3 aromatic carbocycles. The fourth-order valence-electron chi connectivity index (χ4n) is 4.05. The van der Waals surface area contributed by atoms with Crippen molar-refractivity contribution >= 4 is 20.9 Å². The second-order valence-electron chi connectivity index (χ2n) is 9.89. The molecule has 1 unspecified atom stereocenters. The molecule has 0 bridgehead atoms. The Morgan fingerprint density at radius 2 is 1.69 bits per heavy atom. The van der Waals surface area contributed by atoms with Crippen LogP contribution in [0.2, 0.25) is 0 Å². The van der Waals surface area contributed by atoms with Crippen molar-refractivity contribution in [3.05, 3.63) is 89.7 Å². The minimum absolute atomic E-state index is 0.0434. The van der Waals surface area contributed by atoms with Crippen molar-refractivity contribution in [3.63, 3.8) is 0 Å². The highest BCUT2D eigenvalue weighted by molar-refractivity contribution is 7.90. The molecule has 0 fully saturated rings. The molecule has 1 aromatic heterocycles. The normalized spacial score (nSPS) is 13.2. The Morgan fingerprint density at radius 3 is 2.37 bits per heavy atom. The summed E-state index contributed by atoms with van der Waals surface area (Å²) in [5, 5.41) is 10.8. The lowest BCUT2D eigenvalue weighted by atomic mass is 9.86. The fourth-order valence-corrected chi connectivity index (χ4v) is 5.35. The van der Waals surface area contributed by atoms with E-state index >= 15 is 0 Å². The number of hydrogen-bond acceptors (Lipinski definition) is 5. The largest absolute Gasteiger partial charge is 0.491 e. The number of hydrogen-bond donors (Lipinski definition) is 1. The SMILES string of the molecule is Cc1cc(C(C)(C)C)ccc1OCC(O)Cn1c(CS(=O)(=O)c2ccccc2)nc2ccccc21. The maximum atomic E-state index is 13.0. The number of nitrogens with zero attached hydrogens (tertiary/aromatic N) is 2. The monoisotopic (exact) mass is 492 g/mol. The van der Waals surface area contributed by atoms with E-state index in [2.05, 4.69) is 31.8 Å². The maximum Gasteiger partial charge on any atom is 0.185 e. The van der Waals surface area contributed by atoms with Gasteiger partial charge in [0.15, 0.2) is 9.84 Å². The van der Waals surface area contributed by atoms with Crippen molar-refractivity contribution in [2.45, 2.75) is 56.4 Å². The van der Waals surface area contributed by atoms with Crippen LogP contribution in [0.3, 0.4) is 0 Å². The molecular formula is C28H32N2O4S. The number of aliphatic hydroxyl groups is 1. The van der Waals surface area contributed by atoms with Gasteiger partial charge in [-0.25, -0.2) is 13.4 Å². The van der Waals surface area contributed by atoms with Crippen LogP contribution >= 0.6 is 0 Å². The van der Waals surface area contributed by atoms with Crippen LogP contribution in [0.5, 0.6) is 5.75 Å². The van der Waals surface area contributed by atoms with Crippen molar-refractivity contribution < 1.29 is 18.3 Å². The Hall–Kier alpha value is -3.16. The summed E-state index contributed by atoms with van der Waals surface area (Å²) in [4.78, 5) is 4.82. The van der Waals surface area contributed by atoms with E-state index in [1.54, 1.807) is 34.9 Å². The third-order valence-electron chi connectivity index (χ3n) is 6.02. The summed E-state index contributed by atoms with van der Waals surface area (Å²) in [6.45, 7) is 8.73. The van der Waals surface area contributed by atoms with Crippen LogP contribution < -0.4 is 4.74 Å². The van der Waals surface area contributed by atoms with Crippen molar-refractivity contribution in [1.82, 2.24) is 9.55 Å². The van der Waals surface area contributed by atoms with Gasteiger partial charge in [0, 0.05) is 0 Å². The number of imidazole rings is 1. The zero-order chi connectivity index (χ0) is 25.2. The van der Waals surface area contributed by atoms with E-state index in [1.807, 2.05) is 43.3 Å². The van der Waals surface area contributed by atoms with Crippen LogP contribution in [-0.2, 0) is 27.5 Å².